The van der Waals surface area contributed by atoms with E-state index in [1.807, 2.05) is 28.8 Å². The fourth-order valence-electron chi connectivity index (χ4n) is 3.19. The van der Waals surface area contributed by atoms with Crippen molar-refractivity contribution in [3.63, 3.8) is 0 Å². The molecule has 3 nitrogen and oxygen atoms in total. The Labute approximate surface area is 122 Å². The van der Waals surface area contributed by atoms with Gasteiger partial charge in [-0.05, 0) is 42.7 Å². The van der Waals surface area contributed by atoms with Crippen LogP contribution in [0.5, 0.6) is 0 Å². The molecule has 0 bridgehead atoms. The normalized spacial score (nSPS) is 18.5. The van der Waals surface area contributed by atoms with Gasteiger partial charge in [-0.3, -0.25) is 0 Å². The highest BCUT2D eigenvalue weighted by Gasteiger charge is 2.26. The van der Waals surface area contributed by atoms with Crippen LogP contribution in [0.3, 0.4) is 0 Å². The number of benzene rings is 1. The maximum Gasteiger partial charge on any atom is 0.136 e. The summed E-state index contributed by atoms with van der Waals surface area (Å²) < 4.78 is 15.1. The average Bonchev–Trinajstić information content (AvgIpc) is 3.16. The number of hydrogen-bond acceptors (Lipinski definition) is 2. The summed E-state index contributed by atoms with van der Waals surface area (Å²) in [6.07, 6.45) is 8.14. The summed E-state index contributed by atoms with van der Waals surface area (Å²) in [6.45, 7) is 1.03. The summed E-state index contributed by atoms with van der Waals surface area (Å²) in [5.41, 5.74) is 3.32. The van der Waals surface area contributed by atoms with Crippen molar-refractivity contribution in [2.45, 2.75) is 18.9 Å². The molecule has 4 heteroatoms. The average molecular weight is 281 g/mol. The van der Waals surface area contributed by atoms with E-state index in [1.165, 1.54) is 11.3 Å². The number of aromatic nitrogens is 2. The SMILES string of the molecule is Fc1ccc(C2CCCN2c2ccc3nccn3c2)cc1. The molecule has 3 heterocycles. The summed E-state index contributed by atoms with van der Waals surface area (Å²) >= 11 is 0. The molecule has 0 radical (unpaired) electrons. The van der Waals surface area contributed by atoms with Gasteiger partial charge in [0.15, 0.2) is 0 Å². The topological polar surface area (TPSA) is 20.5 Å². The van der Waals surface area contributed by atoms with Crippen LogP contribution in [0.25, 0.3) is 5.65 Å². The van der Waals surface area contributed by atoms with E-state index < -0.39 is 0 Å². The van der Waals surface area contributed by atoms with Crippen LogP contribution in [-0.2, 0) is 0 Å². The molecule has 0 saturated carbocycles. The predicted molar refractivity (Wildman–Crippen MR) is 80.9 cm³/mol. The predicted octanol–water partition coefficient (Wildman–Crippen LogP) is 3.81. The molecule has 0 spiro atoms. The zero-order valence-electron chi connectivity index (χ0n) is 11.6. The monoisotopic (exact) mass is 281 g/mol. The zero-order valence-corrected chi connectivity index (χ0v) is 11.6. The van der Waals surface area contributed by atoms with E-state index in [1.54, 1.807) is 18.3 Å². The fraction of sp³-hybridized carbons (Fsp3) is 0.235. The van der Waals surface area contributed by atoms with Gasteiger partial charge in [0.05, 0.1) is 11.7 Å². The van der Waals surface area contributed by atoms with Crippen LogP contribution in [0.15, 0.2) is 55.0 Å². The lowest BCUT2D eigenvalue weighted by atomic mass is 10.0. The molecule has 4 rings (SSSR count). The number of rotatable bonds is 2. The van der Waals surface area contributed by atoms with Crippen LogP contribution in [0.4, 0.5) is 10.1 Å². The lowest BCUT2D eigenvalue weighted by Crippen LogP contribution is -2.22. The number of nitrogens with zero attached hydrogens (tertiary/aromatic N) is 3. The van der Waals surface area contributed by atoms with Gasteiger partial charge in [0.25, 0.3) is 0 Å². The largest absolute Gasteiger partial charge is 0.363 e. The second kappa shape index (κ2) is 4.88. The molecule has 1 fully saturated rings. The first-order chi connectivity index (χ1) is 10.3. The molecule has 0 aliphatic carbocycles. The van der Waals surface area contributed by atoms with Crippen molar-refractivity contribution in [2.75, 3.05) is 11.4 Å². The minimum absolute atomic E-state index is 0.178. The van der Waals surface area contributed by atoms with Gasteiger partial charge < -0.3 is 9.30 Å². The molecule has 0 N–H and O–H groups in total. The molecule has 1 saturated heterocycles. The van der Waals surface area contributed by atoms with E-state index in [-0.39, 0.29) is 5.82 Å². The van der Waals surface area contributed by atoms with Crippen molar-refractivity contribution >= 4 is 11.3 Å². The Morgan fingerprint density at radius 1 is 1.10 bits per heavy atom. The molecule has 1 atom stereocenters. The van der Waals surface area contributed by atoms with Crippen molar-refractivity contribution in [3.8, 4) is 0 Å². The Hall–Kier alpha value is -2.36. The standard InChI is InChI=1S/C17H16FN3/c18-14-5-3-13(4-6-14)16-2-1-10-21(16)15-7-8-17-19-9-11-20(17)12-15/h3-9,11-12,16H,1-2,10H2. The Morgan fingerprint density at radius 2 is 1.95 bits per heavy atom. The summed E-state index contributed by atoms with van der Waals surface area (Å²) in [5, 5.41) is 0. The van der Waals surface area contributed by atoms with Crippen LogP contribution in [0, 0.1) is 5.82 Å². The Kier molecular flexibility index (Phi) is 2.88. The number of anilines is 1. The zero-order chi connectivity index (χ0) is 14.2. The van der Waals surface area contributed by atoms with Crippen molar-refractivity contribution < 1.29 is 4.39 Å². The number of halogens is 1. The number of fused-ring (bicyclic) bond motifs is 1. The maximum absolute atomic E-state index is 13.1. The summed E-state index contributed by atoms with van der Waals surface area (Å²) in [5.74, 6) is -0.178. The lowest BCUT2D eigenvalue weighted by molar-refractivity contribution is 0.624. The van der Waals surface area contributed by atoms with E-state index in [0.717, 1.165) is 25.0 Å². The quantitative estimate of drug-likeness (QED) is 0.712. The maximum atomic E-state index is 13.1. The lowest BCUT2D eigenvalue weighted by Gasteiger charge is -2.27. The Bertz CT molecular complexity index is 763. The van der Waals surface area contributed by atoms with Crippen molar-refractivity contribution in [3.05, 3.63) is 66.4 Å². The first-order valence-electron chi connectivity index (χ1n) is 7.26. The highest BCUT2D eigenvalue weighted by Crippen LogP contribution is 2.36. The van der Waals surface area contributed by atoms with Gasteiger partial charge >= 0.3 is 0 Å². The third kappa shape index (κ3) is 2.17. The van der Waals surface area contributed by atoms with Gasteiger partial charge in [0.2, 0.25) is 0 Å². The van der Waals surface area contributed by atoms with Crippen LogP contribution < -0.4 is 4.90 Å². The highest BCUT2D eigenvalue weighted by molar-refractivity contribution is 5.54. The molecule has 1 aliphatic rings. The smallest absolute Gasteiger partial charge is 0.136 e. The molecule has 1 aromatic carbocycles. The van der Waals surface area contributed by atoms with Crippen LogP contribution in [-0.4, -0.2) is 15.9 Å². The van der Waals surface area contributed by atoms with Gasteiger partial charge in [-0.25, -0.2) is 9.37 Å². The number of pyridine rings is 1. The van der Waals surface area contributed by atoms with Gasteiger partial charge in [-0.1, -0.05) is 12.1 Å². The summed E-state index contributed by atoms with van der Waals surface area (Å²) in [6, 6.07) is 11.4. The molecule has 0 amide bonds. The van der Waals surface area contributed by atoms with Crippen molar-refractivity contribution in [2.24, 2.45) is 0 Å². The molecular weight excluding hydrogens is 265 g/mol. The minimum Gasteiger partial charge on any atom is -0.363 e. The van der Waals surface area contributed by atoms with E-state index in [0.29, 0.717) is 6.04 Å². The first kappa shape index (κ1) is 12.4. The molecule has 2 aromatic heterocycles. The van der Waals surface area contributed by atoms with Crippen LogP contribution in [0.1, 0.15) is 24.4 Å². The third-order valence-electron chi connectivity index (χ3n) is 4.21. The first-order valence-corrected chi connectivity index (χ1v) is 7.26. The third-order valence-corrected chi connectivity index (χ3v) is 4.21. The second-order valence-electron chi connectivity index (χ2n) is 5.48. The van der Waals surface area contributed by atoms with Crippen molar-refractivity contribution in [1.29, 1.82) is 0 Å². The number of imidazole rings is 1. The van der Waals surface area contributed by atoms with Gasteiger partial charge in [0.1, 0.15) is 11.5 Å². The highest BCUT2D eigenvalue weighted by atomic mass is 19.1. The van der Waals surface area contributed by atoms with Crippen LogP contribution in [0.2, 0.25) is 0 Å². The Morgan fingerprint density at radius 3 is 2.81 bits per heavy atom. The molecule has 3 aromatic rings. The van der Waals surface area contributed by atoms with Gasteiger partial charge in [-0.15, -0.1) is 0 Å². The number of hydrogen-bond donors (Lipinski definition) is 0. The van der Waals surface area contributed by atoms with E-state index in [9.17, 15) is 4.39 Å². The molecule has 21 heavy (non-hydrogen) atoms. The Balaban J connectivity index is 1.70. The summed E-state index contributed by atoms with van der Waals surface area (Å²) in [4.78, 5) is 6.67. The molecule has 106 valence electrons. The van der Waals surface area contributed by atoms with Crippen molar-refractivity contribution in [1.82, 2.24) is 9.38 Å². The van der Waals surface area contributed by atoms with E-state index in [4.69, 9.17) is 0 Å². The van der Waals surface area contributed by atoms with Gasteiger partial charge in [-0.2, -0.15) is 0 Å². The van der Waals surface area contributed by atoms with E-state index >= 15 is 0 Å². The van der Waals surface area contributed by atoms with Gasteiger partial charge in [0, 0.05) is 25.1 Å². The second-order valence-corrected chi connectivity index (χ2v) is 5.48. The molecule has 1 aliphatic heterocycles. The summed E-state index contributed by atoms with van der Waals surface area (Å²) in [7, 11) is 0. The van der Waals surface area contributed by atoms with E-state index in [2.05, 4.69) is 22.1 Å². The molecule has 1 unspecified atom stereocenters. The fourth-order valence-corrected chi connectivity index (χ4v) is 3.19. The minimum atomic E-state index is -0.178. The van der Waals surface area contributed by atoms with Crippen LogP contribution >= 0.6 is 0 Å². The molecular formula is C17H16FN3.